The molecule has 0 radical (unpaired) electrons. The van der Waals surface area contributed by atoms with Gasteiger partial charge in [0.25, 0.3) is 0 Å². The summed E-state index contributed by atoms with van der Waals surface area (Å²) in [5, 5.41) is 9.44. The van der Waals surface area contributed by atoms with Gasteiger partial charge in [-0.05, 0) is 23.8 Å². The third-order valence-corrected chi connectivity index (χ3v) is 4.03. The van der Waals surface area contributed by atoms with E-state index in [0.29, 0.717) is 18.7 Å². The van der Waals surface area contributed by atoms with Crippen molar-refractivity contribution in [1.29, 1.82) is 0 Å². The van der Waals surface area contributed by atoms with Crippen LogP contribution in [0.15, 0.2) is 48.5 Å². The number of carbonyl (C=O) groups excluding carboxylic acids is 1. The number of hydrogen-bond donors (Lipinski definition) is 1. The lowest BCUT2D eigenvalue weighted by molar-refractivity contribution is -0.116. The molecule has 0 atom stereocenters. The molecule has 1 aliphatic rings. The number of amides is 1. The third kappa shape index (κ3) is 3.37. The second-order valence-corrected chi connectivity index (χ2v) is 5.70. The highest BCUT2D eigenvalue weighted by Gasteiger charge is 2.23. The highest BCUT2D eigenvalue weighted by molar-refractivity contribution is 5.88. The minimum atomic E-state index is -1.15. The molecule has 3 rings (SSSR count). The van der Waals surface area contributed by atoms with Gasteiger partial charge in [-0.2, -0.15) is 0 Å². The molecule has 0 aliphatic carbocycles. The van der Waals surface area contributed by atoms with E-state index in [1.54, 1.807) is 11.0 Å². The molecular formula is C18H17FN2O3. The second-order valence-electron chi connectivity index (χ2n) is 5.70. The molecule has 2 aromatic carbocycles. The number of rotatable bonds is 4. The summed E-state index contributed by atoms with van der Waals surface area (Å²) in [6.07, 6.45) is -0.737. The first kappa shape index (κ1) is 16.0. The first-order valence-corrected chi connectivity index (χ1v) is 7.65. The van der Waals surface area contributed by atoms with Gasteiger partial charge in [-0.15, -0.1) is 0 Å². The van der Waals surface area contributed by atoms with Gasteiger partial charge in [0.05, 0.1) is 24.5 Å². The molecule has 2 aromatic rings. The molecule has 1 N–H and O–H groups in total. The smallest absolute Gasteiger partial charge is 0.412 e. The van der Waals surface area contributed by atoms with E-state index < -0.39 is 11.9 Å². The Morgan fingerprint density at radius 2 is 1.96 bits per heavy atom. The van der Waals surface area contributed by atoms with Crippen LogP contribution in [0.25, 0.3) is 0 Å². The summed E-state index contributed by atoms with van der Waals surface area (Å²) >= 11 is 0. The molecule has 5 nitrogen and oxygen atoms in total. The van der Waals surface area contributed by atoms with Crippen LogP contribution in [0.3, 0.4) is 0 Å². The number of carbonyl (C=O) groups is 2. The van der Waals surface area contributed by atoms with Crippen LogP contribution >= 0.6 is 0 Å². The highest BCUT2D eigenvalue weighted by Crippen LogP contribution is 2.28. The predicted molar refractivity (Wildman–Crippen MR) is 88.9 cm³/mol. The average Bonchev–Trinajstić information content (AvgIpc) is 2.99. The molecule has 1 heterocycles. The van der Waals surface area contributed by atoms with Gasteiger partial charge in [-0.3, -0.25) is 9.69 Å². The summed E-state index contributed by atoms with van der Waals surface area (Å²) in [5.41, 5.74) is 1.40. The van der Waals surface area contributed by atoms with Gasteiger partial charge in [0.1, 0.15) is 5.82 Å². The number of anilines is 2. The van der Waals surface area contributed by atoms with Crippen molar-refractivity contribution in [2.75, 3.05) is 22.9 Å². The Balaban J connectivity index is 1.85. The SMILES string of the molecule is O=C1CCN(c2ccc(N(Cc3ccccc3)C(=O)O)cc2F)C1. The first-order chi connectivity index (χ1) is 11.5. The Bertz CT molecular complexity index is 764. The maximum Gasteiger partial charge on any atom is 0.412 e. The van der Waals surface area contributed by atoms with Crippen LogP contribution in [-0.4, -0.2) is 30.1 Å². The molecule has 6 heteroatoms. The summed E-state index contributed by atoms with van der Waals surface area (Å²) < 4.78 is 14.4. The lowest BCUT2D eigenvalue weighted by Crippen LogP contribution is -2.29. The van der Waals surface area contributed by atoms with Crippen LogP contribution in [0.1, 0.15) is 12.0 Å². The fourth-order valence-corrected chi connectivity index (χ4v) is 2.79. The van der Waals surface area contributed by atoms with Crippen molar-refractivity contribution in [3.05, 3.63) is 59.9 Å². The predicted octanol–water partition coefficient (Wildman–Crippen LogP) is 3.29. The quantitative estimate of drug-likeness (QED) is 0.935. The molecule has 0 aromatic heterocycles. The number of ketones is 1. The highest BCUT2D eigenvalue weighted by atomic mass is 19.1. The first-order valence-electron chi connectivity index (χ1n) is 7.65. The van der Waals surface area contributed by atoms with Crippen LogP contribution < -0.4 is 9.80 Å². The minimum absolute atomic E-state index is 0.0784. The van der Waals surface area contributed by atoms with Gasteiger partial charge in [-0.25, -0.2) is 9.18 Å². The van der Waals surface area contributed by atoms with Crippen molar-refractivity contribution in [3.63, 3.8) is 0 Å². The Kier molecular flexibility index (Phi) is 4.46. The lowest BCUT2D eigenvalue weighted by atomic mass is 10.2. The average molecular weight is 328 g/mol. The largest absolute Gasteiger partial charge is 0.465 e. The van der Waals surface area contributed by atoms with Crippen LogP contribution in [0, 0.1) is 5.82 Å². The van der Waals surface area contributed by atoms with E-state index in [4.69, 9.17) is 0 Å². The van der Waals surface area contributed by atoms with E-state index in [9.17, 15) is 19.1 Å². The maximum atomic E-state index is 14.4. The molecule has 0 bridgehead atoms. The van der Waals surface area contributed by atoms with Gasteiger partial charge in [0, 0.05) is 13.0 Å². The van der Waals surface area contributed by atoms with Gasteiger partial charge in [0.15, 0.2) is 5.78 Å². The van der Waals surface area contributed by atoms with Gasteiger partial charge in [-0.1, -0.05) is 30.3 Å². The number of halogens is 1. The number of nitrogens with zero attached hydrogens (tertiary/aromatic N) is 2. The lowest BCUT2D eigenvalue weighted by Gasteiger charge is -2.22. The molecule has 0 spiro atoms. The van der Waals surface area contributed by atoms with Crippen molar-refractivity contribution in [1.82, 2.24) is 0 Å². The van der Waals surface area contributed by atoms with E-state index in [-0.39, 0.29) is 24.6 Å². The van der Waals surface area contributed by atoms with Crippen molar-refractivity contribution < 1.29 is 19.1 Å². The Morgan fingerprint density at radius 3 is 2.54 bits per heavy atom. The molecular weight excluding hydrogens is 311 g/mol. The van der Waals surface area contributed by atoms with Crippen molar-refractivity contribution in [2.45, 2.75) is 13.0 Å². The zero-order valence-corrected chi connectivity index (χ0v) is 13.0. The Hall–Kier alpha value is -2.89. The minimum Gasteiger partial charge on any atom is -0.465 e. The molecule has 0 saturated carbocycles. The molecule has 1 amide bonds. The summed E-state index contributed by atoms with van der Waals surface area (Å²) in [6, 6.07) is 13.4. The van der Waals surface area contributed by atoms with E-state index in [2.05, 4.69) is 0 Å². The van der Waals surface area contributed by atoms with Crippen LogP contribution in [-0.2, 0) is 11.3 Å². The number of carboxylic acid groups (broad SMARTS) is 1. The van der Waals surface area contributed by atoms with E-state index in [1.807, 2.05) is 30.3 Å². The summed E-state index contributed by atoms with van der Waals surface area (Å²) in [7, 11) is 0. The van der Waals surface area contributed by atoms with Crippen molar-refractivity contribution >= 4 is 23.3 Å². The molecule has 1 fully saturated rings. The molecule has 0 unspecified atom stereocenters. The number of Topliss-reactive ketones (excluding diaryl/α,β-unsaturated/α-hetero) is 1. The van der Waals surface area contributed by atoms with Crippen molar-refractivity contribution in [2.24, 2.45) is 0 Å². The van der Waals surface area contributed by atoms with Gasteiger partial charge < -0.3 is 10.0 Å². The molecule has 1 aliphatic heterocycles. The fourth-order valence-electron chi connectivity index (χ4n) is 2.79. The summed E-state index contributed by atoms with van der Waals surface area (Å²) in [5.74, 6) is -0.448. The Labute approximate surface area is 138 Å². The third-order valence-electron chi connectivity index (χ3n) is 4.03. The topological polar surface area (TPSA) is 60.9 Å². The second kappa shape index (κ2) is 6.70. The summed E-state index contributed by atoms with van der Waals surface area (Å²) in [4.78, 5) is 25.7. The van der Waals surface area contributed by atoms with Gasteiger partial charge >= 0.3 is 6.09 Å². The number of hydrogen-bond acceptors (Lipinski definition) is 3. The standard InChI is InChI=1S/C18H17FN2O3/c19-16-10-14(6-7-17(16)20-9-8-15(22)12-20)21(18(23)24)11-13-4-2-1-3-5-13/h1-7,10H,8-9,11-12H2,(H,23,24). The number of benzene rings is 2. The fraction of sp³-hybridized carbons (Fsp3) is 0.222. The monoisotopic (exact) mass is 328 g/mol. The summed E-state index contributed by atoms with van der Waals surface area (Å²) in [6.45, 7) is 0.821. The van der Waals surface area contributed by atoms with E-state index >= 15 is 0 Å². The van der Waals surface area contributed by atoms with Crippen molar-refractivity contribution in [3.8, 4) is 0 Å². The molecule has 1 saturated heterocycles. The van der Waals surface area contributed by atoms with Gasteiger partial charge in [0.2, 0.25) is 0 Å². The maximum absolute atomic E-state index is 14.4. The van der Waals surface area contributed by atoms with E-state index in [0.717, 1.165) is 10.5 Å². The normalized spacial score (nSPS) is 14.0. The van der Waals surface area contributed by atoms with E-state index in [1.165, 1.54) is 12.1 Å². The zero-order valence-electron chi connectivity index (χ0n) is 13.0. The molecule has 124 valence electrons. The molecule has 24 heavy (non-hydrogen) atoms. The zero-order chi connectivity index (χ0) is 17.1. The van der Waals surface area contributed by atoms with Crippen LogP contribution in [0.4, 0.5) is 20.6 Å². The Morgan fingerprint density at radius 1 is 1.21 bits per heavy atom. The van der Waals surface area contributed by atoms with Crippen LogP contribution in [0.5, 0.6) is 0 Å². The van der Waals surface area contributed by atoms with Crippen LogP contribution in [0.2, 0.25) is 0 Å².